The molecule has 0 radical (unpaired) electrons. The van der Waals surface area contributed by atoms with E-state index >= 15 is 0 Å². The summed E-state index contributed by atoms with van der Waals surface area (Å²) in [4.78, 5) is 11.7. The van der Waals surface area contributed by atoms with E-state index in [1.807, 2.05) is 0 Å². The minimum atomic E-state index is -0.319. The number of hydrogen-bond acceptors (Lipinski definition) is 2. The minimum absolute atomic E-state index is 0.0695. The predicted molar refractivity (Wildman–Crippen MR) is 73.1 cm³/mol. The second-order valence-corrected chi connectivity index (χ2v) is 5.79. The van der Waals surface area contributed by atoms with Gasteiger partial charge in [0, 0.05) is 6.54 Å². The van der Waals surface area contributed by atoms with Gasteiger partial charge in [0.25, 0.3) is 0 Å². The van der Waals surface area contributed by atoms with Crippen LogP contribution in [0.2, 0.25) is 0 Å². The van der Waals surface area contributed by atoms with Gasteiger partial charge in [-0.15, -0.1) is 0 Å². The highest BCUT2D eigenvalue weighted by molar-refractivity contribution is 9.10. The SMILES string of the molecule is CC(=O)[C@H](CNCC1CC1)c1ccc(Br)c(F)c1. The van der Waals surface area contributed by atoms with Crippen molar-refractivity contribution in [2.24, 2.45) is 5.92 Å². The van der Waals surface area contributed by atoms with Crippen molar-refractivity contribution < 1.29 is 9.18 Å². The van der Waals surface area contributed by atoms with Gasteiger partial charge in [0.2, 0.25) is 0 Å². The van der Waals surface area contributed by atoms with Crippen LogP contribution in [0.1, 0.15) is 31.2 Å². The monoisotopic (exact) mass is 313 g/mol. The van der Waals surface area contributed by atoms with Gasteiger partial charge >= 0.3 is 0 Å². The van der Waals surface area contributed by atoms with Crippen molar-refractivity contribution in [3.63, 3.8) is 0 Å². The second-order valence-electron chi connectivity index (χ2n) is 4.94. The third-order valence-electron chi connectivity index (χ3n) is 3.32. The Morgan fingerprint density at radius 2 is 2.28 bits per heavy atom. The zero-order valence-corrected chi connectivity index (χ0v) is 12.0. The molecule has 1 fully saturated rings. The molecule has 1 aromatic carbocycles. The molecule has 2 nitrogen and oxygen atoms in total. The number of rotatable bonds is 6. The molecule has 1 N–H and O–H groups in total. The molecule has 0 amide bonds. The normalized spacial score (nSPS) is 16.6. The summed E-state index contributed by atoms with van der Waals surface area (Å²) in [7, 11) is 0. The Hall–Kier alpha value is -0.740. The van der Waals surface area contributed by atoms with Crippen LogP contribution in [-0.4, -0.2) is 18.9 Å². The first kappa shape index (κ1) is 13.7. The van der Waals surface area contributed by atoms with Gasteiger partial charge in [-0.3, -0.25) is 4.79 Å². The summed E-state index contributed by atoms with van der Waals surface area (Å²) in [6.45, 7) is 3.11. The summed E-state index contributed by atoms with van der Waals surface area (Å²) in [5.74, 6) is 0.270. The van der Waals surface area contributed by atoms with Crippen LogP contribution in [0.25, 0.3) is 0 Å². The molecular weight excluding hydrogens is 297 g/mol. The Balaban J connectivity index is 2.02. The molecule has 0 spiro atoms. The highest BCUT2D eigenvalue weighted by Crippen LogP contribution is 2.28. The van der Waals surface area contributed by atoms with Crippen LogP contribution >= 0.6 is 15.9 Å². The molecule has 1 saturated carbocycles. The molecule has 0 aliphatic heterocycles. The van der Waals surface area contributed by atoms with Crippen molar-refractivity contribution in [2.75, 3.05) is 13.1 Å². The van der Waals surface area contributed by atoms with Gasteiger partial charge in [0.15, 0.2) is 0 Å². The van der Waals surface area contributed by atoms with Crippen molar-refractivity contribution in [1.82, 2.24) is 5.32 Å². The molecule has 0 bridgehead atoms. The first-order valence-electron chi connectivity index (χ1n) is 6.24. The number of carbonyl (C=O) groups excluding carboxylic acids is 1. The Bertz CT molecular complexity index is 445. The van der Waals surface area contributed by atoms with Crippen LogP contribution in [0, 0.1) is 11.7 Å². The molecule has 1 aromatic rings. The van der Waals surface area contributed by atoms with Crippen molar-refractivity contribution in [1.29, 1.82) is 0 Å². The van der Waals surface area contributed by atoms with Crippen LogP contribution in [0.5, 0.6) is 0 Å². The smallest absolute Gasteiger partial charge is 0.138 e. The summed E-state index contributed by atoms with van der Waals surface area (Å²) in [5.41, 5.74) is 0.742. The molecule has 4 heteroatoms. The van der Waals surface area contributed by atoms with Gasteiger partial charge in [-0.2, -0.15) is 0 Å². The average Bonchev–Trinajstić information content (AvgIpc) is 3.12. The van der Waals surface area contributed by atoms with Crippen LogP contribution in [-0.2, 0) is 4.79 Å². The summed E-state index contributed by atoms with van der Waals surface area (Å²) in [6, 6.07) is 4.90. The van der Waals surface area contributed by atoms with E-state index in [2.05, 4.69) is 21.2 Å². The van der Waals surface area contributed by atoms with Crippen molar-refractivity contribution >= 4 is 21.7 Å². The van der Waals surface area contributed by atoms with Crippen LogP contribution in [0.15, 0.2) is 22.7 Å². The number of nitrogens with one attached hydrogen (secondary N) is 1. The second kappa shape index (κ2) is 5.93. The molecule has 0 heterocycles. The molecule has 0 saturated heterocycles. The summed E-state index contributed by atoms with van der Waals surface area (Å²) >= 11 is 3.12. The third kappa shape index (κ3) is 3.62. The minimum Gasteiger partial charge on any atom is -0.315 e. The zero-order chi connectivity index (χ0) is 13.1. The number of benzene rings is 1. The van der Waals surface area contributed by atoms with Gasteiger partial charge in [-0.05, 0) is 65.9 Å². The van der Waals surface area contributed by atoms with Crippen LogP contribution in [0.4, 0.5) is 4.39 Å². The number of ketones is 1. The van der Waals surface area contributed by atoms with E-state index in [0.717, 1.165) is 18.0 Å². The van der Waals surface area contributed by atoms with E-state index in [-0.39, 0.29) is 17.5 Å². The first-order valence-corrected chi connectivity index (χ1v) is 7.03. The molecule has 1 aliphatic carbocycles. The summed E-state index contributed by atoms with van der Waals surface area (Å²) in [5, 5.41) is 3.31. The van der Waals surface area contributed by atoms with Crippen LogP contribution < -0.4 is 5.32 Å². The van der Waals surface area contributed by atoms with Crippen molar-refractivity contribution in [2.45, 2.75) is 25.7 Å². The quantitative estimate of drug-likeness (QED) is 0.873. The highest BCUT2D eigenvalue weighted by atomic mass is 79.9. The molecule has 0 unspecified atom stereocenters. The van der Waals surface area contributed by atoms with Gasteiger partial charge in [0.05, 0.1) is 10.4 Å². The number of Topliss-reactive ketones (excluding diaryl/α,β-unsaturated/α-hetero) is 1. The maximum Gasteiger partial charge on any atom is 0.138 e. The zero-order valence-electron chi connectivity index (χ0n) is 10.4. The van der Waals surface area contributed by atoms with Gasteiger partial charge in [-0.25, -0.2) is 4.39 Å². The lowest BCUT2D eigenvalue weighted by molar-refractivity contribution is -0.118. The molecule has 18 heavy (non-hydrogen) atoms. The van der Waals surface area contributed by atoms with Gasteiger partial charge < -0.3 is 5.32 Å². The molecule has 0 aromatic heterocycles. The standard InChI is InChI=1S/C14H17BrFNO/c1-9(18)12(8-17-7-10-2-3-10)11-4-5-13(15)14(16)6-11/h4-6,10,12,17H,2-3,7-8H2,1H3/t12-/m0/s1. The fourth-order valence-corrected chi connectivity index (χ4v) is 2.23. The fourth-order valence-electron chi connectivity index (χ4n) is 1.98. The lowest BCUT2D eigenvalue weighted by Crippen LogP contribution is -2.27. The Morgan fingerprint density at radius 3 is 2.83 bits per heavy atom. The Labute approximate surface area is 115 Å². The van der Waals surface area contributed by atoms with E-state index in [1.54, 1.807) is 19.1 Å². The number of hydrogen-bond donors (Lipinski definition) is 1. The average molecular weight is 314 g/mol. The molecule has 1 aliphatic rings. The maximum absolute atomic E-state index is 13.5. The Morgan fingerprint density at radius 1 is 1.56 bits per heavy atom. The van der Waals surface area contributed by atoms with E-state index in [1.165, 1.54) is 18.9 Å². The molecule has 98 valence electrons. The third-order valence-corrected chi connectivity index (χ3v) is 3.96. The van der Waals surface area contributed by atoms with Gasteiger partial charge in [-0.1, -0.05) is 6.07 Å². The topological polar surface area (TPSA) is 29.1 Å². The fraction of sp³-hybridized carbons (Fsp3) is 0.500. The maximum atomic E-state index is 13.5. The summed E-state index contributed by atoms with van der Waals surface area (Å²) in [6.07, 6.45) is 2.56. The number of halogens is 2. The lowest BCUT2D eigenvalue weighted by Gasteiger charge is -2.15. The van der Waals surface area contributed by atoms with Crippen molar-refractivity contribution in [3.8, 4) is 0 Å². The van der Waals surface area contributed by atoms with Crippen molar-refractivity contribution in [3.05, 3.63) is 34.1 Å². The largest absolute Gasteiger partial charge is 0.315 e. The lowest BCUT2D eigenvalue weighted by atomic mass is 9.95. The molecular formula is C14H17BrFNO. The van der Waals surface area contributed by atoms with Gasteiger partial charge in [0.1, 0.15) is 11.6 Å². The van der Waals surface area contributed by atoms with E-state index in [4.69, 9.17) is 0 Å². The van der Waals surface area contributed by atoms with E-state index in [0.29, 0.717) is 11.0 Å². The highest BCUT2D eigenvalue weighted by Gasteiger charge is 2.22. The van der Waals surface area contributed by atoms with Crippen LogP contribution in [0.3, 0.4) is 0 Å². The predicted octanol–water partition coefficient (Wildman–Crippen LogP) is 3.26. The Kier molecular flexibility index (Phi) is 4.51. The first-order chi connectivity index (χ1) is 8.58. The molecule has 1 atom stereocenters. The molecule has 2 rings (SSSR count). The number of carbonyl (C=O) groups is 1. The summed E-state index contributed by atoms with van der Waals surface area (Å²) < 4.78 is 13.9. The van der Waals surface area contributed by atoms with E-state index in [9.17, 15) is 9.18 Å². The van der Waals surface area contributed by atoms with E-state index < -0.39 is 0 Å².